The maximum atomic E-state index is 12.3. The predicted molar refractivity (Wildman–Crippen MR) is 86.9 cm³/mol. The molecule has 0 amide bonds. The number of aryl methyl sites for hydroxylation is 1. The molecule has 1 heterocycles. The second-order valence-corrected chi connectivity index (χ2v) is 5.48. The van der Waals surface area contributed by atoms with Crippen LogP contribution in [-0.2, 0) is 11.3 Å². The lowest BCUT2D eigenvalue weighted by atomic mass is 10.1. The molecule has 0 fully saturated rings. The quantitative estimate of drug-likeness (QED) is 0.656. The highest BCUT2D eigenvalue weighted by Crippen LogP contribution is 2.17. The summed E-state index contributed by atoms with van der Waals surface area (Å²) in [7, 11) is 0. The van der Waals surface area contributed by atoms with E-state index in [4.69, 9.17) is 4.74 Å². The first-order valence-electron chi connectivity index (χ1n) is 7.60. The number of benzene rings is 1. The zero-order chi connectivity index (χ0) is 17.0. The molecule has 0 bridgehead atoms. The number of ether oxygens (including phenoxy) is 1. The van der Waals surface area contributed by atoms with Crippen molar-refractivity contribution in [3.05, 3.63) is 52.8 Å². The first-order valence-corrected chi connectivity index (χ1v) is 7.60. The Balaban J connectivity index is 2.04. The zero-order valence-electron chi connectivity index (χ0n) is 13.6. The molecule has 122 valence electrons. The van der Waals surface area contributed by atoms with E-state index in [1.165, 1.54) is 24.3 Å². The molecule has 5 heteroatoms. The Morgan fingerprint density at radius 3 is 2.43 bits per heavy atom. The predicted octanol–water partition coefficient (Wildman–Crippen LogP) is 3.26. The molecule has 0 aliphatic rings. The molecule has 1 aromatic carbocycles. The zero-order valence-corrected chi connectivity index (χ0v) is 13.6. The Kier molecular flexibility index (Phi) is 5.21. The molecular formula is C18H21NO4. The van der Waals surface area contributed by atoms with Gasteiger partial charge in [-0.3, -0.25) is 4.79 Å². The number of aromatic hydroxyl groups is 1. The number of carbonyl (C=O) groups is 2. The number of rotatable bonds is 6. The van der Waals surface area contributed by atoms with Crippen molar-refractivity contribution in [3.8, 4) is 5.75 Å². The lowest BCUT2D eigenvalue weighted by Crippen LogP contribution is -2.15. The Morgan fingerprint density at radius 2 is 1.83 bits per heavy atom. The van der Waals surface area contributed by atoms with Crippen LogP contribution >= 0.6 is 0 Å². The summed E-state index contributed by atoms with van der Waals surface area (Å²) in [6.07, 6.45) is 0.986. The third-order valence-corrected chi connectivity index (χ3v) is 3.76. The summed E-state index contributed by atoms with van der Waals surface area (Å²) >= 11 is 0. The average Bonchev–Trinajstić information content (AvgIpc) is 2.81. The Morgan fingerprint density at radius 1 is 1.17 bits per heavy atom. The Labute approximate surface area is 135 Å². The van der Waals surface area contributed by atoms with Crippen LogP contribution in [0.25, 0.3) is 0 Å². The summed E-state index contributed by atoms with van der Waals surface area (Å²) in [6.45, 7) is 6.51. The summed E-state index contributed by atoms with van der Waals surface area (Å²) in [4.78, 5) is 24.2. The number of ketones is 1. The van der Waals surface area contributed by atoms with E-state index in [1.807, 2.05) is 19.9 Å². The van der Waals surface area contributed by atoms with Gasteiger partial charge in [-0.2, -0.15) is 0 Å². The van der Waals surface area contributed by atoms with Crippen molar-refractivity contribution in [2.75, 3.05) is 6.61 Å². The highest BCUT2D eigenvalue weighted by atomic mass is 16.5. The number of hydrogen-bond acceptors (Lipinski definition) is 4. The van der Waals surface area contributed by atoms with E-state index in [0.29, 0.717) is 11.1 Å². The maximum absolute atomic E-state index is 12.3. The molecule has 5 nitrogen and oxygen atoms in total. The molecule has 1 aromatic heterocycles. The van der Waals surface area contributed by atoms with Gasteiger partial charge in [0.05, 0.1) is 5.56 Å². The summed E-state index contributed by atoms with van der Waals surface area (Å²) in [6, 6.07) is 7.54. The number of Topliss-reactive ketones (excluding diaryl/α,β-unsaturated/α-hetero) is 1. The molecule has 0 saturated carbocycles. The SMILES string of the molecule is CCCn1c(C)cc(C(=O)COC(=O)c2ccc(O)cc2)c1C. The van der Waals surface area contributed by atoms with Crippen LogP contribution < -0.4 is 0 Å². The topological polar surface area (TPSA) is 68.5 Å². The smallest absolute Gasteiger partial charge is 0.338 e. The minimum atomic E-state index is -0.583. The minimum absolute atomic E-state index is 0.0704. The van der Waals surface area contributed by atoms with Gasteiger partial charge in [0.25, 0.3) is 0 Å². The third kappa shape index (κ3) is 3.80. The van der Waals surface area contributed by atoms with Crippen molar-refractivity contribution in [1.29, 1.82) is 0 Å². The average molecular weight is 315 g/mol. The van der Waals surface area contributed by atoms with Gasteiger partial charge >= 0.3 is 5.97 Å². The van der Waals surface area contributed by atoms with E-state index in [-0.39, 0.29) is 18.1 Å². The van der Waals surface area contributed by atoms with Gasteiger partial charge in [0, 0.05) is 23.5 Å². The molecule has 0 spiro atoms. The molecule has 1 N–H and O–H groups in total. The van der Waals surface area contributed by atoms with E-state index < -0.39 is 5.97 Å². The highest BCUT2D eigenvalue weighted by Gasteiger charge is 2.17. The first kappa shape index (κ1) is 16.8. The van der Waals surface area contributed by atoms with Crippen molar-refractivity contribution in [1.82, 2.24) is 4.57 Å². The summed E-state index contributed by atoms with van der Waals surface area (Å²) in [5, 5.41) is 9.20. The van der Waals surface area contributed by atoms with Gasteiger partial charge < -0.3 is 14.4 Å². The van der Waals surface area contributed by atoms with Crippen LogP contribution in [-0.4, -0.2) is 28.0 Å². The van der Waals surface area contributed by atoms with Gasteiger partial charge in [-0.05, 0) is 50.6 Å². The molecular weight excluding hydrogens is 294 g/mol. The van der Waals surface area contributed by atoms with Crippen molar-refractivity contribution < 1.29 is 19.4 Å². The number of esters is 1. The van der Waals surface area contributed by atoms with E-state index in [1.54, 1.807) is 0 Å². The summed E-state index contributed by atoms with van der Waals surface area (Å²) in [5.41, 5.74) is 2.81. The standard InChI is InChI=1S/C18H21NO4/c1-4-9-19-12(2)10-16(13(19)3)17(21)11-23-18(22)14-5-7-15(20)8-6-14/h5-8,10,20H,4,9,11H2,1-3H3. The molecule has 2 aromatic rings. The molecule has 0 saturated heterocycles. The van der Waals surface area contributed by atoms with Gasteiger partial charge in [-0.1, -0.05) is 6.92 Å². The highest BCUT2D eigenvalue weighted by molar-refractivity contribution is 6.00. The lowest BCUT2D eigenvalue weighted by molar-refractivity contribution is 0.0474. The number of phenols is 1. The molecule has 2 rings (SSSR count). The first-order chi connectivity index (χ1) is 10.9. The number of carbonyl (C=O) groups excluding carboxylic acids is 2. The second-order valence-electron chi connectivity index (χ2n) is 5.48. The van der Waals surface area contributed by atoms with Crippen LogP contribution in [0.5, 0.6) is 5.75 Å². The molecule has 0 aliphatic carbocycles. The normalized spacial score (nSPS) is 10.6. The number of hydrogen-bond donors (Lipinski definition) is 1. The molecule has 0 atom stereocenters. The fraction of sp³-hybridized carbons (Fsp3) is 0.333. The largest absolute Gasteiger partial charge is 0.508 e. The Bertz CT molecular complexity index is 713. The lowest BCUT2D eigenvalue weighted by Gasteiger charge is -2.08. The van der Waals surface area contributed by atoms with Crippen molar-refractivity contribution in [2.24, 2.45) is 0 Å². The molecule has 0 aliphatic heterocycles. The summed E-state index contributed by atoms with van der Waals surface area (Å²) < 4.78 is 7.16. The maximum Gasteiger partial charge on any atom is 0.338 e. The fourth-order valence-corrected chi connectivity index (χ4v) is 2.54. The Hall–Kier alpha value is -2.56. The molecule has 0 radical (unpaired) electrons. The van der Waals surface area contributed by atoms with E-state index in [9.17, 15) is 14.7 Å². The van der Waals surface area contributed by atoms with Gasteiger partial charge in [-0.15, -0.1) is 0 Å². The fourth-order valence-electron chi connectivity index (χ4n) is 2.54. The van der Waals surface area contributed by atoms with Crippen LogP contribution in [0.4, 0.5) is 0 Å². The number of nitrogens with zero attached hydrogens (tertiary/aromatic N) is 1. The van der Waals surface area contributed by atoms with Crippen molar-refractivity contribution in [3.63, 3.8) is 0 Å². The van der Waals surface area contributed by atoms with E-state index >= 15 is 0 Å². The van der Waals surface area contributed by atoms with Crippen LogP contribution in [0.2, 0.25) is 0 Å². The van der Waals surface area contributed by atoms with Gasteiger partial charge in [0.2, 0.25) is 5.78 Å². The second kappa shape index (κ2) is 7.13. The van der Waals surface area contributed by atoms with E-state index in [2.05, 4.69) is 11.5 Å². The molecule has 0 unspecified atom stereocenters. The third-order valence-electron chi connectivity index (χ3n) is 3.76. The van der Waals surface area contributed by atoms with Gasteiger partial charge in [0.15, 0.2) is 6.61 Å². The molecule has 23 heavy (non-hydrogen) atoms. The van der Waals surface area contributed by atoms with Crippen molar-refractivity contribution >= 4 is 11.8 Å². The number of aromatic nitrogens is 1. The van der Waals surface area contributed by atoms with Gasteiger partial charge in [-0.25, -0.2) is 4.79 Å². The van der Waals surface area contributed by atoms with Crippen LogP contribution in [0.3, 0.4) is 0 Å². The number of phenolic OH excluding ortho intramolecular Hbond substituents is 1. The monoisotopic (exact) mass is 315 g/mol. The summed E-state index contributed by atoms with van der Waals surface area (Å²) in [5.74, 6) is -0.728. The van der Waals surface area contributed by atoms with E-state index in [0.717, 1.165) is 24.4 Å². The van der Waals surface area contributed by atoms with Crippen LogP contribution in [0.1, 0.15) is 45.4 Å². The van der Waals surface area contributed by atoms with Crippen LogP contribution in [0.15, 0.2) is 30.3 Å². The van der Waals surface area contributed by atoms with Crippen molar-refractivity contribution in [2.45, 2.75) is 33.7 Å². The minimum Gasteiger partial charge on any atom is -0.508 e. The van der Waals surface area contributed by atoms with Crippen LogP contribution in [0, 0.1) is 13.8 Å². The van der Waals surface area contributed by atoms with Gasteiger partial charge in [0.1, 0.15) is 5.75 Å².